The van der Waals surface area contributed by atoms with Crippen molar-refractivity contribution in [1.82, 2.24) is 19.8 Å². The van der Waals surface area contributed by atoms with Crippen molar-refractivity contribution in [3.8, 4) is 23.3 Å². The maximum atomic E-state index is 10.9. The number of ether oxygens (including phenoxy) is 4. The quantitative estimate of drug-likeness (QED) is 0.165. The van der Waals surface area contributed by atoms with E-state index in [4.69, 9.17) is 30.4 Å². The molecule has 0 saturated carbocycles. The number of aromatic nitrogens is 2. The van der Waals surface area contributed by atoms with Crippen LogP contribution in [0.5, 0.6) is 23.3 Å². The van der Waals surface area contributed by atoms with Crippen LogP contribution in [-0.4, -0.2) is 71.6 Å². The lowest BCUT2D eigenvalue weighted by molar-refractivity contribution is -0.118. The van der Waals surface area contributed by atoms with Crippen molar-refractivity contribution < 1.29 is 25.2 Å². The molecule has 4 aliphatic rings. The lowest BCUT2D eigenvalue weighted by Crippen LogP contribution is -2.35. The number of fused-ring (bicyclic) bond motifs is 2. The van der Waals surface area contributed by atoms with Gasteiger partial charge in [0.05, 0.1) is 0 Å². The zero-order valence-corrected chi connectivity index (χ0v) is 32.9. The molecule has 13 heteroatoms. The molecular weight excluding hydrogens is 751 g/mol. The first kappa shape index (κ1) is 44.6. The van der Waals surface area contributed by atoms with E-state index < -0.39 is 0 Å². The number of benzene rings is 2. The molecule has 11 nitrogen and oxygen atoms in total. The first-order valence-corrected chi connectivity index (χ1v) is 19.1. The Morgan fingerprint density at radius 2 is 1.11 bits per heavy atom. The summed E-state index contributed by atoms with van der Waals surface area (Å²) >= 11 is 0. The molecule has 0 unspecified atom stereocenters. The molecule has 306 valence electrons. The van der Waals surface area contributed by atoms with E-state index in [-0.39, 0.29) is 51.8 Å². The molecule has 2 fully saturated rings. The van der Waals surface area contributed by atoms with E-state index in [1.165, 1.54) is 24.0 Å². The molecule has 2 aromatic heterocycles. The highest BCUT2D eigenvalue weighted by Crippen LogP contribution is 2.35. The van der Waals surface area contributed by atoms with E-state index in [1.807, 2.05) is 24.3 Å². The number of rotatable bonds is 10. The number of halogens is 2. The minimum Gasteiger partial charge on any atom is -0.484 e. The number of primary amides is 1. The zero-order valence-electron chi connectivity index (χ0n) is 31.3. The van der Waals surface area contributed by atoms with Crippen molar-refractivity contribution in [2.75, 3.05) is 45.9 Å². The number of hydrogen-bond donors (Lipinski definition) is 2. The van der Waals surface area contributed by atoms with Crippen molar-refractivity contribution in [1.29, 1.82) is 0 Å². The second kappa shape index (κ2) is 22.0. The highest BCUT2D eigenvalue weighted by Gasteiger charge is 2.25. The average Bonchev–Trinajstić information content (AvgIpc) is 3.21. The Morgan fingerprint density at radius 1 is 0.679 bits per heavy atom. The summed E-state index contributed by atoms with van der Waals surface area (Å²) in [4.78, 5) is 24.4. The minimum absolute atomic E-state index is 0. The number of likely N-dealkylation sites (tertiary alicyclic amines) is 2. The molecule has 2 saturated heterocycles. The lowest BCUT2D eigenvalue weighted by Gasteiger charge is -2.32. The third kappa shape index (κ3) is 12.2. The second-order valence-electron chi connectivity index (χ2n) is 14.6. The number of hydrogen-bond acceptors (Lipinski definition) is 10. The molecule has 2 aromatic carbocycles. The lowest BCUT2D eigenvalue weighted by atomic mass is 9.92. The van der Waals surface area contributed by atoms with Crippen LogP contribution in [0.2, 0.25) is 0 Å². The molecule has 4 N–H and O–H groups in total. The Hall–Kier alpha value is -4.13. The molecule has 0 radical (unpaired) electrons. The molecule has 6 heterocycles. The van der Waals surface area contributed by atoms with Gasteiger partial charge >= 0.3 is 0 Å². The van der Waals surface area contributed by atoms with Gasteiger partial charge < -0.3 is 30.4 Å². The number of nitrogens with two attached hydrogens (primary N) is 2. The number of pyridine rings is 2. The third-order valence-electron chi connectivity index (χ3n) is 10.8. The van der Waals surface area contributed by atoms with Gasteiger partial charge in [-0.15, -0.1) is 24.8 Å². The van der Waals surface area contributed by atoms with Crippen molar-refractivity contribution in [3.05, 3.63) is 107 Å². The predicted octanol–water partition coefficient (Wildman–Crippen LogP) is 7.56. The van der Waals surface area contributed by atoms with Crippen molar-refractivity contribution in [3.63, 3.8) is 0 Å². The Bertz CT molecular complexity index is 1780. The topological polar surface area (TPSA) is 138 Å². The van der Waals surface area contributed by atoms with Crippen molar-refractivity contribution >= 4 is 30.7 Å². The van der Waals surface area contributed by atoms with E-state index in [0.29, 0.717) is 49.0 Å². The summed E-state index contributed by atoms with van der Waals surface area (Å²) in [5, 5.41) is 0. The van der Waals surface area contributed by atoms with Gasteiger partial charge in [0.2, 0.25) is 5.91 Å². The first-order valence-electron chi connectivity index (χ1n) is 19.1. The highest BCUT2D eigenvalue weighted by molar-refractivity contribution is 5.85. The number of piperidine rings is 2. The summed E-state index contributed by atoms with van der Waals surface area (Å²) in [5.41, 5.74) is 15.9. The Morgan fingerprint density at radius 3 is 1.52 bits per heavy atom. The summed E-state index contributed by atoms with van der Waals surface area (Å²) in [6, 6.07) is 24.7. The number of nitrogens with zero attached hydrogens (tertiary/aromatic N) is 4. The summed E-state index contributed by atoms with van der Waals surface area (Å²) < 4.78 is 23.5. The van der Waals surface area contributed by atoms with Gasteiger partial charge in [-0.3, -0.25) is 14.6 Å². The molecule has 8 rings (SSSR count). The van der Waals surface area contributed by atoms with E-state index in [0.717, 1.165) is 82.0 Å². The number of amides is 1. The van der Waals surface area contributed by atoms with Gasteiger partial charge in [0.25, 0.3) is 11.8 Å². The van der Waals surface area contributed by atoms with Gasteiger partial charge in [0.15, 0.2) is 23.7 Å². The monoisotopic (exact) mass is 810 g/mol. The maximum Gasteiger partial charge on any atom is 0.257 e. The molecule has 2 atom stereocenters. The average molecular weight is 812 g/mol. The van der Waals surface area contributed by atoms with Gasteiger partial charge in [-0.05, 0) is 123 Å². The number of carbonyl (C=O) groups is 1. The second-order valence-corrected chi connectivity index (χ2v) is 14.6. The van der Waals surface area contributed by atoms with E-state index in [1.54, 1.807) is 12.4 Å². The maximum absolute atomic E-state index is 10.9. The fourth-order valence-electron chi connectivity index (χ4n) is 7.50. The summed E-state index contributed by atoms with van der Waals surface area (Å²) in [5.74, 6) is 3.71. The van der Waals surface area contributed by atoms with Crippen molar-refractivity contribution in [2.45, 2.75) is 71.2 Å². The van der Waals surface area contributed by atoms with Crippen LogP contribution in [-0.2, 0) is 17.9 Å². The normalized spacial score (nSPS) is 19.5. The molecule has 0 aliphatic carbocycles. The fraction of sp³-hybridized carbons (Fsp3) is 0.465. The molecule has 4 aromatic rings. The Balaban J connectivity index is 0.000000287. The zero-order chi connectivity index (χ0) is 36.4. The summed E-state index contributed by atoms with van der Waals surface area (Å²) in [6.45, 7) is 8.24. The Labute approximate surface area is 345 Å². The molecule has 0 spiro atoms. The third-order valence-corrected chi connectivity index (χ3v) is 10.8. The van der Waals surface area contributed by atoms with Crippen molar-refractivity contribution in [2.24, 2.45) is 23.3 Å². The van der Waals surface area contributed by atoms with Crippen LogP contribution >= 0.6 is 24.8 Å². The standard InChI is InChI=1S/C22H27N3O3.C20H25N3O2.CH4.2ClH.H2/c23-21(26)8-5-16-9-12-25(13-10-16)14-17-3-6-18(7-4-17)20-15-27-19-2-1-11-24-22(19)28-20;21-12-15-7-10-23(11-8-15)13-16-3-5-17(6-4-16)19-14-24-18-2-1-9-22-20(18)25-19;;;;/h1-4,6-7,11,16,20H,5,8-10,12-15H2,(H2,23,26);1-6,9,15,19H,7-8,10-14,21H2;1H4;3*1H/t20-;19-;;;;/m11..../s1. The fourth-order valence-corrected chi connectivity index (χ4v) is 7.50. The van der Waals surface area contributed by atoms with Crippen LogP contribution in [0.15, 0.2) is 85.2 Å². The number of carbonyl (C=O) groups excluding carboxylic acids is 1. The molecule has 56 heavy (non-hydrogen) atoms. The summed E-state index contributed by atoms with van der Waals surface area (Å²) in [6.07, 6.45) is 9.37. The molecule has 0 bridgehead atoms. The van der Waals surface area contributed by atoms with Crippen LogP contribution in [0.3, 0.4) is 0 Å². The van der Waals surface area contributed by atoms with Gasteiger partial charge in [-0.1, -0.05) is 56.0 Å². The van der Waals surface area contributed by atoms with Crippen LogP contribution in [0.4, 0.5) is 0 Å². The summed E-state index contributed by atoms with van der Waals surface area (Å²) in [7, 11) is 0. The molecule has 4 aliphatic heterocycles. The minimum atomic E-state index is -0.186. The van der Waals surface area contributed by atoms with E-state index in [2.05, 4.69) is 68.3 Å². The smallest absolute Gasteiger partial charge is 0.257 e. The SMILES string of the molecule is C.Cl.Cl.NC(=O)CCC1CCN(Cc2ccc([C@H]3COc4cccnc4O3)cc2)CC1.NCC1CCN(Cc2ccc([C@H]3COc4cccnc4O3)cc2)CC1.[HH]. The van der Waals surface area contributed by atoms with Gasteiger partial charge in [0.1, 0.15) is 13.2 Å². The van der Waals surface area contributed by atoms with Gasteiger partial charge in [-0.25, -0.2) is 9.97 Å². The van der Waals surface area contributed by atoms with Gasteiger partial charge in [-0.2, -0.15) is 0 Å². The predicted molar refractivity (Wildman–Crippen MR) is 226 cm³/mol. The Kier molecular flexibility index (Phi) is 17.5. The first-order chi connectivity index (χ1) is 26.0. The van der Waals surface area contributed by atoms with Crippen LogP contribution in [0.1, 0.15) is 81.8 Å². The van der Waals surface area contributed by atoms with E-state index >= 15 is 0 Å². The highest BCUT2D eigenvalue weighted by atomic mass is 35.5. The van der Waals surface area contributed by atoms with Crippen LogP contribution in [0.25, 0.3) is 0 Å². The van der Waals surface area contributed by atoms with Gasteiger partial charge in [0, 0.05) is 33.3 Å². The van der Waals surface area contributed by atoms with E-state index in [9.17, 15) is 4.79 Å². The van der Waals surface area contributed by atoms with Crippen LogP contribution < -0.4 is 30.4 Å². The largest absolute Gasteiger partial charge is 0.484 e. The molecular formula is C43H60Cl2N6O5. The molecule has 1 amide bonds. The van der Waals surface area contributed by atoms with Crippen LogP contribution in [0, 0.1) is 11.8 Å².